The van der Waals surface area contributed by atoms with Gasteiger partial charge >= 0.3 is 0 Å². The number of hydrogen-bond donors (Lipinski definition) is 0. The summed E-state index contributed by atoms with van der Waals surface area (Å²) in [6.45, 7) is 2.70. The first-order chi connectivity index (χ1) is 10.1. The Labute approximate surface area is 132 Å². The number of rotatable bonds is 5. The van der Waals surface area contributed by atoms with Crippen molar-refractivity contribution < 1.29 is 9.18 Å². The molecule has 0 aliphatic carbocycles. The fourth-order valence-corrected chi connectivity index (χ4v) is 2.30. The monoisotopic (exact) mass is 349 g/mol. The molecule has 0 unspecified atom stereocenters. The van der Waals surface area contributed by atoms with E-state index in [0.29, 0.717) is 16.6 Å². The molecule has 0 fully saturated rings. The molecule has 0 saturated heterocycles. The highest BCUT2D eigenvalue weighted by molar-refractivity contribution is 9.10. The number of amides is 1. The Morgan fingerprint density at radius 2 is 1.90 bits per heavy atom. The van der Waals surface area contributed by atoms with E-state index in [2.05, 4.69) is 22.9 Å². The van der Waals surface area contributed by atoms with E-state index in [-0.39, 0.29) is 5.91 Å². The molecule has 2 rings (SSSR count). The number of halogens is 2. The van der Waals surface area contributed by atoms with Crippen LogP contribution in [-0.2, 0) is 0 Å². The van der Waals surface area contributed by atoms with Gasteiger partial charge in [-0.1, -0.05) is 31.5 Å². The van der Waals surface area contributed by atoms with E-state index in [0.717, 1.165) is 18.5 Å². The first-order valence-electron chi connectivity index (χ1n) is 6.95. The Kier molecular flexibility index (Phi) is 5.51. The predicted octanol–water partition coefficient (Wildman–Crippen LogP) is 5.04. The average Bonchev–Trinajstić information content (AvgIpc) is 2.51. The van der Waals surface area contributed by atoms with Crippen LogP contribution >= 0.6 is 15.9 Å². The zero-order valence-electron chi connectivity index (χ0n) is 11.9. The normalized spacial score (nSPS) is 10.4. The first kappa shape index (κ1) is 15.7. The summed E-state index contributed by atoms with van der Waals surface area (Å²) in [4.78, 5) is 14.4. The number of hydrogen-bond acceptors (Lipinski definition) is 1. The van der Waals surface area contributed by atoms with Crippen molar-refractivity contribution in [3.8, 4) is 0 Å². The zero-order valence-corrected chi connectivity index (χ0v) is 13.4. The largest absolute Gasteiger partial charge is 0.308 e. The summed E-state index contributed by atoms with van der Waals surface area (Å²) < 4.78 is 14.0. The molecule has 0 atom stereocenters. The van der Waals surface area contributed by atoms with Gasteiger partial charge in [0.2, 0.25) is 0 Å². The Morgan fingerprint density at radius 1 is 1.19 bits per heavy atom. The van der Waals surface area contributed by atoms with Gasteiger partial charge < -0.3 is 4.90 Å². The predicted molar refractivity (Wildman–Crippen MR) is 87.1 cm³/mol. The minimum atomic E-state index is -0.427. The third-order valence-electron chi connectivity index (χ3n) is 3.21. The van der Waals surface area contributed by atoms with E-state index in [1.54, 1.807) is 17.0 Å². The standard InChI is InChI=1S/C17H17BrFNO/c1-2-3-11-20(14-7-5-4-6-8-14)17(21)13-9-10-15(18)16(19)12-13/h4-10,12H,2-3,11H2,1H3. The molecule has 0 saturated carbocycles. The van der Waals surface area contributed by atoms with Crippen molar-refractivity contribution in [1.29, 1.82) is 0 Å². The highest BCUT2D eigenvalue weighted by Crippen LogP contribution is 2.21. The van der Waals surface area contributed by atoms with Gasteiger partial charge in [-0.2, -0.15) is 0 Å². The van der Waals surface area contributed by atoms with E-state index in [4.69, 9.17) is 0 Å². The second kappa shape index (κ2) is 7.36. The summed E-state index contributed by atoms with van der Waals surface area (Å²) in [6, 6.07) is 13.9. The van der Waals surface area contributed by atoms with Crippen molar-refractivity contribution in [2.75, 3.05) is 11.4 Å². The minimum Gasteiger partial charge on any atom is -0.308 e. The lowest BCUT2D eigenvalue weighted by Crippen LogP contribution is -2.31. The van der Waals surface area contributed by atoms with Gasteiger partial charge in [0.15, 0.2) is 0 Å². The highest BCUT2D eigenvalue weighted by Gasteiger charge is 2.18. The summed E-state index contributed by atoms with van der Waals surface area (Å²) in [6.07, 6.45) is 1.89. The fraction of sp³-hybridized carbons (Fsp3) is 0.235. The molecular weight excluding hydrogens is 333 g/mol. The van der Waals surface area contributed by atoms with Crippen molar-refractivity contribution >= 4 is 27.5 Å². The van der Waals surface area contributed by atoms with Gasteiger partial charge in [0.1, 0.15) is 5.82 Å². The maximum atomic E-state index is 13.6. The smallest absolute Gasteiger partial charge is 0.258 e. The van der Waals surface area contributed by atoms with Crippen LogP contribution in [0.5, 0.6) is 0 Å². The Bertz CT molecular complexity index is 615. The van der Waals surface area contributed by atoms with Crippen LogP contribution in [0.15, 0.2) is 53.0 Å². The quantitative estimate of drug-likeness (QED) is 0.740. The highest BCUT2D eigenvalue weighted by atomic mass is 79.9. The molecule has 4 heteroatoms. The lowest BCUT2D eigenvalue weighted by atomic mass is 10.1. The number of carbonyl (C=O) groups is 1. The third-order valence-corrected chi connectivity index (χ3v) is 3.86. The van der Waals surface area contributed by atoms with Crippen LogP contribution in [0.2, 0.25) is 0 Å². The summed E-state index contributed by atoms with van der Waals surface area (Å²) in [7, 11) is 0. The van der Waals surface area contributed by atoms with Gasteiger partial charge in [-0.25, -0.2) is 4.39 Å². The van der Waals surface area contributed by atoms with Gasteiger partial charge in [-0.15, -0.1) is 0 Å². The van der Waals surface area contributed by atoms with Crippen molar-refractivity contribution in [2.45, 2.75) is 19.8 Å². The molecule has 1 amide bonds. The molecule has 0 aliphatic heterocycles. The minimum absolute atomic E-state index is 0.180. The van der Waals surface area contributed by atoms with Gasteiger partial charge in [-0.3, -0.25) is 4.79 Å². The van der Waals surface area contributed by atoms with E-state index >= 15 is 0 Å². The van der Waals surface area contributed by atoms with Crippen LogP contribution in [0.1, 0.15) is 30.1 Å². The first-order valence-corrected chi connectivity index (χ1v) is 7.74. The summed E-state index contributed by atoms with van der Waals surface area (Å²) in [5.74, 6) is -0.606. The Morgan fingerprint density at radius 3 is 2.52 bits per heavy atom. The lowest BCUT2D eigenvalue weighted by Gasteiger charge is -2.23. The fourth-order valence-electron chi connectivity index (χ4n) is 2.06. The van der Waals surface area contributed by atoms with E-state index in [1.165, 1.54) is 6.07 Å². The van der Waals surface area contributed by atoms with Gasteiger partial charge in [0.05, 0.1) is 4.47 Å². The van der Waals surface area contributed by atoms with Crippen LogP contribution in [0.25, 0.3) is 0 Å². The number of para-hydroxylation sites is 1. The third kappa shape index (κ3) is 3.91. The molecule has 0 spiro atoms. The van der Waals surface area contributed by atoms with Gasteiger partial charge in [0.25, 0.3) is 5.91 Å². The molecule has 0 bridgehead atoms. The number of carbonyl (C=O) groups excluding carboxylic acids is 1. The van der Waals surface area contributed by atoms with E-state index in [9.17, 15) is 9.18 Å². The molecule has 2 aromatic carbocycles. The SMILES string of the molecule is CCCCN(C(=O)c1ccc(Br)c(F)c1)c1ccccc1. The van der Waals surface area contributed by atoms with E-state index in [1.807, 2.05) is 30.3 Å². The molecule has 21 heavy (non-hydrogen) atoms. The molecule has 110 valence electrons. The second-order valence-corrected chi connectivity index (χ2v) is 5.63. The van der Waals surface area contributed by atoms with Crippen molar-refractivity contribution in [2.24, 2.45) is 0 Å². The van der Waals surface area contributed by atoms with Crippen molar-refractivity contribution in [3.63, 3.8) is 0 Å². The molecule has 0 radical (unpaired) electrons. The maximum absolute atomic E-state index is 13.6. The van der Waals surface area contributed by atoms with Crippen LogP contribution in [0.3, 0.4) is 0 Å². The van der Waals surface area contributed by atoms with Crippen LogP contribution in [0.4, 0.5) is 10.1 Å². The van der Waals surface area contributed by atoms with Crippen LogP contribution < -0.4 is 4.90 Å². The lowest BCUT2D eigenvalue weighted by molar-refractivity contribution is 0.0986. The number of benzene rings is 2. The van der Waals surface area contributed by atoms with Crippen molar-refractivity contribution in [1.82, 2.24) is 0 Å². The summed E-state index contributed by atoms with van der Waals surface area (Å²) >= 11 is 3.10. The summed E-state index contributed by atoms with van der Waals surface area (Å²) in [5, 5.41) is 0. The second-order valence-electron chi connectivity index (χ2n) is 4.77. The van der Waals surface area contributed by atoms with Gasteiger partial charge in [-0.05, 0) is 52.7 Å². The molecular formula is C17H17BrFNO. The topological polar surface area (TPSA) is 20.3 Å². The molecule has 0 aliphatic rings. The van der Waals surface area contributed by atoms with Crippen molar-refractivity contribution in [3.05, 3.63) is 64.4 Å². The number of nitrogens with zero attached hydrogens (tertiary/aromatic N) is 1. The average molecular weight is 350 g/mol. The summed E-state index contributed by atoms with van der Waals surface area (Å²) in [5.41, 5.74) is 1.19. The zero-order chi connectivity index (χ0) is 15.2. The molecule has 2 aromatic rings. The molecule has 0 heterocycles. The van der Waals surface area contributed by atoms with Crippen LogP contribution in [0, 0.1) is 5.82 Å². The number of anilines is 1. The molecule has 0 aromatic heterocycles. The maximum Gasteiger partial charge on any atom is 0.258 e. The van der Waals surface area contributed by atoms with E-state index < -0.39 is 5.82 Å². The Hall–Kier alpha value is -1.68. The molecule has 0 N–H and O–H groups in total. The number of unbranched alkanes of at least 4 members (excludes halogenated alkanes) is 1. The molecule has 2 nitrogen and oxygen atoms in total. The van der Waals surface area contributed by atoms with Crippen LogP contribution in [-0.4, -0.2) is 12.5 Å². The Balaban J connectivity index is 2.31. The van der Waals surface area contributed by atoms with Gasteiger partial charge in [0, 0.05) is 17.8 Å².